The molecule has 3 rings (SSSR count). The van der Waals surface area contributed by atoms with Crippen LogP contribution in [0, 0.1) is 12.8 Å². The number of piperidine rings is 1. The van der Waals surface area contributed by atoms with E-state index in [1.807, 2.05) is 19.1 Å². The van der Waals surface area contributed by atoms with Gasteiger partial charge in [-0.1, -0.05) is 6.07 Å². The van der Waals surface area contributed by atoms with E-state index in [1.54, 1.807) is 16.3 Å². The summed E-state index contributed by atoms with van der Waals surface area (Å²) in [5.41, 5.74) is 6.83. The lowest BCUT2D eigenvalue weighted by atomic mass is 9.97. The predicted octanol–water partition coefficient (Wildman–Crippen LogP) is 1.84. The van der Waals surface area contributed by atoms with Crippen LogP contribution in [0.5, 0.6) is 0 Å². The van der Waals surface area contributed by atoms with Gasteiger partial charge in [0, 0.05) is 30.6 Å². The van der Waals surface area contributed by atoms with Crippen LogP contribution in [-0.4, -0.2) is 46.3 Å². The largest absolute Gasteiger partial charge is 0.336 e. The van der Waals surface area contributed by atoms with Gasteiger partial charge in [0.1, 0.15) is 11.5 Å². The molecule has 0 aromatic carbocycles. The third-order valence-corrected chi connectivity index (χ3v) is 5.26. The van der Waals surface area contributed by atoms with Gasteiger partial charge in [0.25, 0.3) is 5.91 Å². The predicted molar refractivity (Wildman–Crippen MR) is 101 cm³/mol. The van der Waals surface area contributed by atoms with Crippen molar-refractivity contribution < 1.29 is 9.59 Å². The Bertz CT molecular complexity index is 791. The molecule has 1 aliphatic rings. The molecule has 1 atom stereocenters. The molecule has 7 nitrogen and oxygen atoms in total. The summed E-state index contributed by atoms with van der Waals surface area (Å²) in [6.45, 7) is 3.44. The number of nitrogens with two attached hydrogens (primary N) is 1. The first kappa shape index (κ1) is 18.5. The molecule has 0 aliphatic carbocycles. The van der Waals surface area contributed by atoms with Crippen molar-refractivity contribution in [3.05, 3.63) is 40.0 Å². The minimum absolute atomic E-state index is 0.0947. The van der Waals surface area contributed by atoms with Gasteiger partial charge >= 0.3 is 0 Å². The molecule has 0 saturated carbocycles. The summed E-state index contributed by atoms with van der Waals surface area (Å²) in [5, 5.41) is 5.50. The highest BCUT2D eigenvalue weighted by Gasteiger charge is 2.30. The van der Waals surface area contributed by atoms with Crippen LogP contribution in [0.25, 0.3) is 0 Å². The SMILES string of the molecule is Cc1cccc(NC(=O)C2CCCN(C(=O)c3csc(CCN)n3)C2)n1. The first-order chi connectivity index (χ1) is 12.6. The molecular weight excluding hydrogens is 350 g/mol. The number of carbonyl (C=O) groups is 2. The fourth-order valence-corrected chi connectivity index (χ4v) is 3.81. The Kier molecular flexibility index (Phi) is 5.95. The molecule has 2 aromatic rings. The quantitative estimate of drug-likeness (QED) is 0.833. The maximum Gasteiger partial charge on any atom is 0.273 e. The number of carbonyl (C=O) groups excluding carboxylic acids is 2. The Balaban J connectivity index is 1.62. The van der Waals surface area contributed by atoms with Crippen molar-refractivity contribution in [2.75, 3.05) is 25.0 Å². The lowest BCUT2D eigenvalue weighted by molar-refractivity contribution is -0.121. The number of hydrogen-bond acceptors (Lipinski definition) is 6. The second-order valence-electron chi connectivity index (χ2n) is 6.41. The number of aromatic nitrogens is 2. The summed E-state index contributed by atoms with van der Waals surface area (Å²) >= 11 is 1.45. The molecule has 1 aliphatic heterocycles. The van der Waals surface area contributed by atoms with Gasteiger partial charge in [-0.25, -0.2) is 9.97 Å². The summed E-state index contributed by atoms with van der Waals surface area (Å²) < 4.78 is 0. The number of thiazole rings is 1. The number of rotatable bonds is 5. The summed E-state index contributed by atoms with van der Waals surface area (Å²) in [6.07, 6.45) is 2.23. The zero-order chi connectivity index (χ0) is 18.5. The van der Waals surface area contributed by atoms with Crippen LogP contribution < -0.4 is 11.1 Å². The Hall–Kier alpha value is -2.32. The van der Waals surface area contributed by atoms with Crippen molar-refractivity contribution in [3.8, 4) is 0 Å². The zero-order valence-corrected chi connectivity index (χ0v) is 15.6. The molecule has 138 valence electrons. The fourth-order valence-electron chi connectivity index (χ4n) is 3.03. The van der Waals surface area contributed by atoms with E-state index in [0.717, 1.165) is 23.5 Å². The van der Waals surface area contributed by atoms with Gasteiger partial charge in [-0.2, -0.15) is 0 Å². The molecule has 2 amide bonds. The molecule has 0 bridgehead atoms. The van der Waals surface area contributed by atoms with Gasteiger partial charge < -0.3 is 16.0 Å². The summed E-state index contributed by atoms with van der Waals surface area (Å²) in [6, 6.07) is 5.50. The van der Waals surface area contributed by atoms with Crippen LogP contribution in [0.15, 0.2) is 23.6 Å². The standard InChI is InChI=1S/C18H23N5O2S/c1-12-4-2-6-15(20-12)22-17(24)13-5-3-9-23(10-13)18(25)14-11-26-16(21-14)7-8-19/h2,4,6,11,13H,3,5,7-10,19H2,1H3,(H,20,22,24). The molecule has 3 N–H and O–H groups in total. The highest BCUT2D eigenvalue weighted by Crippen LogP contribution is 2.21. The van der Waals surface area contributed by atoms with Crippen LogP contribution in [0.2, 0.25) is 0 Å². The topological polar surface area (TPSA) is 101 Å². The maximum atomic E-state index is 12.7. The number of aryl methyl sites for hydroxylation is 1. The molecule has 3 heterocycles. The van der Waals surface area contributed by atoms with Crippen molar-refractivity contribution in [2.24, 2.45) is 11.7 Å². The van der Waals surface area contributed by atoms with Crippen molar-refractivity contribution >= 4 is 29.0 Å². The second kappa shape index (κ2) is 8.37. The Morgan fingerprint density at radius 2 is 2.23 bits per heavy atom. The minimum atomic E-state index is -0.239. The van der Waals surface area contributed by atoms with E-state index >= 15 is 0 Å². The number of anilines is 1. The third kappa shape index (κ3) is 4.44. The zero-order valence-electron chi connectivity index (χ0n) is 14.8. The third-order valence-electron chi connectivity index (χ3n) is 4.35. The molecule has 26 heavy (non-hydrogen) atoms. The van der Waals surface area contributed by atoms with E-state index in [0.29, 0.717) is 37.6 Å². The van der Waals surface area contributed by atoms with E-state index in [2.05, 4.69) is 15.3 Å². The smallest absolute Gasteiger partial charge is 0.273 e. The molecular formula is C18H23N5O2S. The number of hydrogen-bond donors (Lipinski definition) is 2. The van der Waals surface area contributed by atoms with Gasteiger partial charge in [-0.3, -0.25) is 9.59 Å². The molecule has 1 fully saturated rings. The second-order valence-corrected chi connectivity index (χ2v) is 7.35. The van der Waals surface area contributed by atoms with Crippen molar-refractivity contribution in [2.45, 2.75) is 26.2 Å². The van der Waals surface area contributed by atoms with Crippen molar-refractivity contribution in [1.29, 1.82) is 0 Å². The first-order valence-corrected chi connectivity index (χ1v) is 9.63. The van der Waals surface area contributed by atoms with E-state index in [-0.39, 0.29) is 17.7 Å². The van der Waals surface area contributed by atoms with Crippen molar-refractivity contribution in [1.82, 2.24) is 14.9 Å². The Labute approximate surface area is 156 Å². The average molecular weight is 373 g/mol. The van der Waals surface area contributed by atoms with Crippen molar-refractivity contribution in [3.63, 3.8) is 0 Å². The molecule has 1 unspecified atom stereocenters. The van der Waals surface area contributed by atoms with Crippen LogP contribution in [0.4, 0.5) is 5.82 Å². The molecule has 0 radical (unpaired) electrons. The summed E-state index contributed by atoms with van der Waals surface area (Å²) in [5.74, 6) is 0.0972. The van der Waals surface area contributed by atoms with Gasteiger partial charge in [-0.05, 0) is 38.4 Å². The van der Waals surface area contributed by atoms with E-state index in [4.69, 9.17) is 5.73 Å². The minimum Gasteiger partial charge on any atom is -0.336 e. The van der Waals surface area contributed by atoms with E-state index < -0.39 is 0 Å². The normalized spacial score (nSPS) is 17.2. The highest BCUT2D eigenvalue weighted by atomic mass is 32.1. The molecule has 8 heteroatoms. The van der Waals surface area contributed by atoms with Crippen LogP contribution >= 0.6 is 11.3 Å². The van der Waals surface area contributed by atoms with Crippen LogP contribution in [0.3, 0.4) is 0 Å². The number of nitrogens with one attached hydrogen (secondary N) is 1. The number of pyridine rings is 1. The lowest BCUT2D eigenvalue weighted by Crippen LogP contribution is -2.44. The lowest BCUT2D eigenvalue weighted by Gasteiger charge is -2.31. The summed E-state index contributed by atoms with van der Waals surface area (Å²) in [4.78, 5) is 35.6. The van der Waals surface area contributed by atoms with Gasteiger partial charge in [0.2, 0.25) is 5.91 Å². The molecule has 2 aromatic heterocycles. The number of nitrogens with zero attached hydrogens (tertiary/aromatic N) is 3. The Morgan fingerprint density at radius 1 is 1.38 bits per heavy atom. The monoisotopic (exact) mass is 373 g/mol. The fraction of sp³-hybridized carbons (Fsp3) is 0.444. The molecule has 0 spiro atoms. The molecule has 1 saturated heterocycles. The Morgan fingerprint density at radius 3 is 3.00 bits per heavy atom. The van der Waals surface area contributed by atoms with Crippen LogP contribution in [0.1, 0.15) is 34.0 Å². The van der Waals surface area contributed by atoms with Gasteiger partial charge in [0.15, 0.2) is 0 Å². The van der Waals surface area contributed by atoms with Crippen LogP contribution in [-0.2, 0) is 11.2 Å². The van der Waals surface area contributed by atoms with E-state index in [9.17, 15) is 9.59 Å². The maximum absolute atomic E-state index is 12.7. The number of likely N-dealkylation sites (tertiary alicyclic amines) is 1. The first-order valence-electron chi connectivity index (χ1n) is 8.75. The number of amides is 2. The highest BCUT2D eigenvalue weighted by molar-refractivity contribution is 7.09. The summed E-state index contributed by atoms with van der Waals surface area (Å²) in [7, 11) is 0. The average Bonchev–Trinajstić information content (AvgIpc) is 3.10. The van der Waals surface area contributed by atoms with Gasteiger partial charge in [-0.15, -0.1) is 11.3 Å². The van der Waals surface area contributed by atoms with Gasteiger partial charge in [0.05, 0.1) is 10.9 Å². The van der Waals surface area contributed by atoms with E-state index in [1.165, 1.54) is 11.3 Å².